The number of carbonyl (C=O) groups is 1. The number of amides is 1. The molecule has 0 radical (unpaired) electrons. The second-order valence-electron chi connectivity index (χ2n) is 5.71. The molecule has 0 aliphatic heterocycles. The highest BCUT2D eigenvalue weighted by Gasteiger charge is 2.20. The van der Waals surface area contributed by atoms with Crippen LogP contribution >= 0.6 is 11.6 Å². The van der Waals surface area contributed by atoms with Gasteiger partial charge in [-0.3, -0.25) is 4.79 Å². The SMILES string of the molecule is NC(=O)c1nc(-c2cccc(F)c2)nc2c1[nH]c(=O)n2-c1ccc(Cl)cc1. The Hall–Kier alpha value is -3.52. The molecule has 0 aliphatic rings. The van der Waals surface area contributed by atoms with Gasteiger partial charge in [0.15, 0.2) is 17.2 Å². The molecule has 134 valence electrons. The van der Waals surface area contributed by atoms with E-state index in [1.807, 2.05) is 0 Å². The Bertz CT molecular complexity index is 1250. The van der Waals surface area contributed by atoms with E-state index in [1.54, 1.807) is 30.3 Å². The fraction of sp³-hybridized carbons (Fsp3) is 0. The summed E-state index contributed by atoms with van der Waals surface area (Å²) in [6.07, 6.45) is 0. The van der Waals surface area contributed by atoms with Crippen LogP contribution in [0.1, 0.15) is 10.5 Å². The molecule has 0 fully saturated rings. The summed E-state index contributed by atoms with van der Waals surface area (Å²) in [4.78, 5) is 35.4. The van der Waals surface area contributed by atoms with Gasteiger partial charge in [-0.15, -0.1) is 0 Å². The van der Waals surface area contributed by atoms with Crippen molar-refractivity contribution in [2.75, 3.05) is 0 Å². The predicted octanol–water partition coefficient (Wildman–Crippen LogP) is 2.67. The molecule has 7 nitrogen and oxygen atoms in total. The summed E-state index contributed by atoms with van der Waals surface area (Å²) in [7, 11) is 0. The maximum atomic E-state index is 13.6. The van der Waals surface area contributed by atoms with Crippen molar-refractivity contribution in [3.63, 3.8) is 0 Å². The minimum atomic E-state index is -0.843. The van der Waals surface area contributed by atoms with Crippen LogP contribution in [0.5, 0.6) is 0 Å². The van der Waals surface area contributed by atoms with E-state index in [-0.39, 0.29) is 22.7 Å². The normalized spacial score (nSPS) is 11.0. The van der Waals surface area contributed by atoms with E-state index in [0.29, 0.717) is 16.3 Å². The van der Waals surface area contributed by atoms with Gasteiger partial charge in [-0.2, -0.15) is 0 Å². The number of rotatable bonds is 3. The van der Waals surface area contributed by atoms with Gasteiger partial charge < -0.3 is 10.7 Å². The van der Waals surface area contributed by atoms with Crippen molar-refractivity contribution in [1.82, 2.24) is 19.5 Å². The number of primary amides is 1. The van der Waals surface area contributed by atoms with E-state index >= 15 is 0 Å². The number of hydrogen-bond acceptors (Lipinski definition) is 4. The van der Waals surface area contributed by atoms with E-state index in [9.17, 15) is 14.0 Å². The van der Waals surface area contributed by atoms with Gasteiger partial charge >= 0.3 is 5.69 Å². The minimum Gasteiger partial charge on any atom is -0.364 e. The third-order valence-electron chi connectivity index (χ3n) is 3.94. The molecule has 2 aromatic carbocycles. The molecule has 9 heteroatoms. The summed E-state index contributed by atoms with van der Waals surface area (Å²) < 4.78 is 14.9. The van der Waals surface area contributed by atoms with E-state index in [4.69, 9.17) is 17.3 Å². The number of hydrogen-bond donors (Lipinski definition) is 2. The number of aromatic amines is 1. The van der Waals surface area contributed by atoms with Crippen molar-refractivity contribution in [3.8, 4) is 17.1 Å². The van der Waals surface area contributed by atoms with Gasteiger partial charge in [0.1, 0.15) is 11.3 Å². The van der Waals surface area contributed by atoms with Crippen LogP contribution in [0.3, 0.4) is 0 Å². The Labute approximate surface area is 156 Å². The first-order chi connectivity index (χ1) is 12.9. The molecule has 4 rings (SSSR count). The molecule has 3 N–H and O–H groups in total. The number of H-pyrrole nitrogens is 1. The highest BCUT2D eigenvalue weighted by atomic mass is 35.5. The average Bonchev–Trinajstić information content (AvgIpc) is 2.97. The molecule has 1 amide bonds. The first-order valence-corrected chi connectivity index (χ1v) is 8.16. The van der Waals surface area contributed by atoms with Crippen molar-refractivity contribution in [1.29, 1.82) is 0 Å². The minimum absolute atomic E-state index is 0.0671. The molecule has 2 heterocycles. The predicted molar refractivity (Wildman–Crippen MR) is 98.4 cm³/mol. The highest BCUT2D eigenvalue weighted by molar-refractivity contribution is 6.30. The van der Waals surface area contributed by atoms with Crippen LogP contribution in [0, 0.1) is 5.82 Å². The van der Waals surface area contributed by atoms with Crippen molar-refractivity contribution in [3.05, 3.63) is 75.5 Å². The zero-order chi connectivity index (χ0) is 19.1. The number of carbonyl (C=O) groups excluding carboxylic acids is 1. The van der Waals surface area contributed by atoms with Gasteiger partial charge in [0.25, 0.3) is 5.91 Å². The number of nitrogens with two attached hydrogens (primary N) is 1. The molecule has 4 aromatic rings. The molecular weight excluding hydrogens is 373 g/mol. The van der Waals surface area contributed by atoms with Gasteiger partial charge in [0.2, 0.25) is 0 Å². The molecule has 0 saturated carbocycles. The first-order valence-electron chi connectivity index (χ1n) is 7.78. The van der Waals surface area contributed by atoms with E-state index < -0.39 is 17.4 Å². The molecule has 27 heavy (non-hydrogen) atoms. The monoisotopic (exact) mass is 383 g/mol. The number of fused-ring (bicyclic) bond motifs is 1. The number of nitrogens with zero attached hydrogens (tertiary/aromatic N) is 3. The van der Waals surface area contributed by atoms with Crippen LogP contribution < -0.4 is 11.4 Å². The lowest BCUT2D eigenvalue weighted by Crippen LogP contribution is -2.15. The van der Waals surface area contributed by atoms with E-state index in [1.165, 1.54) is 22.8 Å². The standard InChI is InChI=1S/C18H11ClFN5O2/c19-10-4-6-12(7-5-10)25-17-14(23-18(25)27)13(15(21)26)22-16(24-17)9-2-1-3-11(20)8-9/h1-8H,(H2,21,26)(H,23,27). The smallest absolute Gasteiger partial charge is 0.332 e. The van der Waals surface area contributed by atoms with Crippen molar-refractivity contribution < 1.29 is 9.18 Å². The third-order valence-corrected chi connectivity index (χ3v) is 4.19. The van der Waals surface area contributed by atoms with Crippen LogP contribution in [0.25, 0.3) is 28.2 Å². The van der Waals surface area contributed by atoms with Crippen LogP contribution in [-0.4, -0.2) is 25.4 Å². The molecule has 0 atom stereocenters. The molecule has 0 spiro atoms. The number of nitrogens with one attached hydrogen (secondary N) is 1. The zero-order valence-electron chi connectivity index (χ0n) is 13.6. The lowest BCUT2D eigenvalue weighted by Gasteiger charge is -2.06. The Balaban J connectivity index is 2.06. The lowest BCUT2D eigenvalue weighted by molar-refractivity contribution is 0.0997. The highest BCUT2D eigenvalue weighted by Crippen LogP contribution is 2.23. The molecule has 2 aromatic heterocycles. The van der Waals surface area contributed by atoms with Crippen LogP contribution in [0.15, 0.2) is 53.3 Å². The number of halogens is 2. The number of aromatic nitrogens is 4. The van der Waals surface area contributed by atoms with Gasteiger partial charge in [0.05, 0.1) is 5.69 Å². The van der Waals surface area contributed by atoms with Gasteiger partial charge in [-0.1, -0.05) is 23.7 Å². The first kappa shape index (κ1) is 16.9. The lowest BCUT2D eigenvalue weighted by atomic mass is 10.2. The Kier molecular flexibility index (Phi) is 3.97. The molecule has 0 saturated heterocycles. The second-order valence-corrected chi connectivity index (χ2v) is 6.15. The summed E-state index contributed by atoms with van der Waals surface area (Å²) in [5, 5.41) is 0.500. The van der Waals surface area contributed by atoms with E-state index in [0.717, 1.165) is 0 Å². The molecular formula is C18H11ClFN5O2. The maximum Gasteiger partial charge on any atom is 0.332 e. The van der Waals surface area contributed by atoms with Crippen molar-refractivity contribution in [2.45, 2.75) is 0 Å². The topological polar surface area (TPSA) is 107 Å². The quantitative estimate of drug-likeness (QED) is 0.567. The summed E-state index contributed by atoms with van der Waals surface area (Å²) in [5.74, 6) is -1.26. The summed E-state index contributed by atoms with van der Waals surface area (Å²) in [6, 6.07) is 12.1. The fourth-order valence-electron chi connectivity index (χ4n) is 2.75. The number of imidazole rings is 1. The van der Waals surface area contributed by atoms with Gasteiger partial charge in [-0.25, -0.2) is 23.7 Å². The third kappa shape index (κ3) is 2.96. The van der Waals surface area contributed by atoms with Gasteiger partial charge in [-0.05, 0) is 36.4 Å². The molecule has 0 bridgehead atoms. The van der Waals surface area contributed by atoms with Crippen molar-refractivity contribution in [2.24, 2.45) is 5.73 Å². The fourth-order valence-corrected chi connectivity index (χ4v) is 2.88. The number of benzene rings is 2. The zero-order valence-corrected chi connectivity index (χ0v) is 14.4. The average molecular weight is 384 g/mol. The molecule has 0 unspecified atom stereocenters. The van der Waals surface area contributed by atoms with E-state index in [2.05, 4.69) is 15.0 Å². The van der Waals surface area contributed by atoms with Crippen LogP contribution in [-0.2, 0) is 0 Å². The Morgan fingerprint density at radius 2 is 1.89 bits per heavy atom. The summed E-state index contributed by atoms with van der Waals surface area (Å²) in [5.41, 5.74) is 5.80. The Morgan fingerprint density at radius 1 is 1.15 bits per heavy atom. The largest absolute Gasteiger partial charge is 0.364 e. The van der Waals surface area contributed by atoms with Gasteiger partial charge in [0, 0.05) is 10.6 Å². The second kappa shape index (κ2) is 6.33. The summed E-state index contributed by atoms with van der Waals surface area (Å²) in [6.45, 7) is 0. The van der Waals surface area contributed by atoms with Crippen LogP contribution in [0.2, 0.25) is 5.02 Å². The van der Waals surface area contributed by atoms with Crippen molar-refractivity contribution >= 4 is 28.7 Å². The Morgan fingerprint density at radius 3 is 2.56 bits per heavy atom. The molecule has 0 aliphatic carbocycles. The summed E-state index contributed by atoms with van der Waals surface area (Å²) >= 11 is 5.90. The van der Waals surface area contributed by atoms with Crippen LogP contribution in [0.4, 0.5) is 4.39 Å². The maximum absolute atomic E-state index is 13.6.